The molecule has 6 aromatic rings. The molecule has 0 radical (unpaired) electrons. The van der Waals surface area contributed by atoms with E-state index in [0.717, 1.165) is 82.1 Å². The van der Waals surface area contributed by atoms with E-state index in [-0.39, 0.29) is 24.0 Å². The molecule has 6 atom stereocenters. The van der Waals surface area contributed by atoms with E-state index >= 15 is 0 Å². The van der Waals surface area contributed by atoms with Gasteiger partial charge >= 0.3 is 12.3 Å². The smallest absolute Gasteiger partial charge is 0.430 e. The van der Waals surface area contributed by atoms with Crippen molar-refractivity contribution < 1.29 is 28.5 Å². The second-order valence-electron chi connectivity index (χ2n) is 16.7. The van der Waals surface area contributed by atoms with E-state index in [0.29, 0.717) is 46.3 Å². The van der Waals surface area contributed by atoms with Crippen LogP contribution >= 0.6 is 0 Å². The molecule has 2 saturated carbocycles. The lowest BCUT2D eigenvalue weighted by molar-refractivity contribution is -0.0145. The van der Waals surface area contributed by atoms with Crippen LogP contribution < -0.4 is 9.47 Å². The summed E-state index contributed by atoms with van der Waals surface area (Å²) in [6.45, 7) is 13.2. The zero-order valence-corrected chi connectivity index (χ0v) is 32.2. The van der Waals surface area contributed by atoms with Gasteiger partial charge in [0, 0.05) is 54.7 Å². The third-order valence-electron chi connectivity index (χ3n) is 12.3. The van der Waals surface area contributed by atoms with Crippen molar-refractivity contribution >= 4 is 55.9 Å². The minimum absolute atomic E-state index is 0.232. The quantitative estimate of drug-likeness (QED) is 0.125. The van der Waals surface area contributed by atoms with Crippen molar-refractivity contribution in [3.05, 3.63) is 72.8 Å². The average Bonchev–Trinajstić information content (AvgIpc) is 3.70. The fraction of sp³-hybridized carbons (Fsp3) is 0.435. The molecule has 2 aromatic heterocycles. The Balaban J connectivity index is 1.28. The normalized spacial score (nSPS) is 23.4. The monoisotopic (exact) mass is 728 g/mol. The molecule has 0 bridgehead atoms. The van der Waals surface area contributed by atoms with Gasteiger partial charge in [-0.15, -0.1) is 0 Å². The summed E-state index contributed by atoms with van der Waals surface area (Å²) in [6, 6.07) is 23.6. The van der Waals surface area contributed by atoms with E-state index in [1.54, 1.807) is 0 Å². The minimum atomic E-state index is -0.737. The molecular weight excluding hydrogens is 677 g/mol. The Labute approximate surface area is 316 Å². The Kier molecular flexibility index (Phi) is 9.80. The van der Waals surface area contributed by atoms with E-state index in [4.69, 9.17) is 18.9 Å². The standard InChI is InChI=1S/C46H52N2O6/c1-25(2)29-17-15-27(5)23-39(29)53-45(49)51-37-21-19-35-41(31-11-7-9-13-33(31)47-35)43(37)44-38(22-20-36-42(44)32-12-8-10-14-34(32)48-36)52-46(50)54-40-24-28(6)16-18-30(40)26(3)4/h7-14,19-22,25-30,39-40,47-48H,15-18,23-24H2,1-6H3. The fourth-order valence-corrected chi connectivity index (χ4v) is 9.49. The number of ether oxygens (including phenoxy) is 4. The zero-order chi connectivity index (χ0) is 37.7. The van der Waals surface area contributed by atoms with Crippen LogP contribution in [0.15, 0.2) is 72.8 Å². The molecule has 8 heteroatoms. The molecule has 2 aliphatic carbocycles. The molecule has 2 heterocycles. The Bertz CT molecular complexity index is 2170. The lowest BCUT2D eigenvalue weighted by Crippen LogP contribution is -2.36. The van der Waals surface area contributed by atoms with Gasteiger partial charge in [-0.25, -0.2) is 9.59 Å². The number of aromatic nitrogens is 2. The number of benzene rings is 4. The highest BCUT2D eigenvalue weighted by molar-refractivity contribution is 6.23. The van der Waals surface area contributed by atoms with E-state index in [1.165, 1.54) is 0 Å². The molecule has 0 aliphatic heterocycles. The van der Waals surface area contributed by atoms with Crippen molar-refractivity contribution in [3.63, 3.8) is 0 Å². The Morgan fingerprint density at radius 2 is 0.963 bits per heavy atom. The number of nitrogens with one attached hydrogen (secondary N) is 2. The number of hydrogen-bond donors (Lipinski definition) is 2. The van der Waals surface area contributed by atoms with Crippen molar-refractivity contribution in [1.29, 1.82) is 0 Å². The summed E-state index contributed by atoms with van der Waals surface area (Å²) in [6.07, 6.45) is 3.94. The lowest BCUT2D eigenvalue weighted by Gasteiger charge is -2.36. The molecule has 8 rings (SSSR count). The lowest BCUT2D eigenvalue weighted by atomic mass is 9.75. The van der Waals surface area contributed by atoms with Crippen molar-refractivity contribution in [2.24, 2.45) is 35.5 Å². The summed E-state index contributed by atoms with van der Waals surface area (Å²) >= 11 is 0. The highest BCUT2D eigenvalue weighted by Crippen LogP contribution is 2.49. The SMILES string of the molecule is CC1CCC(C(C)C)C(OC(=O)Oc2ccc3[nH]c4ccccc4c3c2-c2c(OC(=O)OC3CC(C)CCC3C(C)C)ccc3[nH]c4ccccc4c23)C1. The average molecular weight is 729 g/mol. The molecular formula is C46H52N2O6. The minimum Gasteiger partial charge on any atom is -0.430 e. The van der Waals surface area contributed by atoms with Gasteiger partial charge in [0.25, 0.3) is 0 Å². The van der Waals surface area contributed by atoms with Crippen molar-refractivity contribution in [2.75, 3.05) is 0 Å². The van der Waals surface area contributed by atoms with Gasteiger partial charge in [-0.3, -0.25) is 0 Å². The summed E-state index contributed by atoms with van der Waals surface area (Å²) in [7, 11) is 0. The van der Waals surface area contributed by atoms with Crippen LogP contribution in [-0.4, -0.2) is 34.5 Å². The number of carbonyl (C=O) groups excluding carboxylic acids is 2. The van der Waals surface area contributed by atoms with Gasteiger partial charge in [-0.2, -0.15) is 0 Å². The van der Waals surface area contributed by atoms with Gasteiger partial charge in [-0.1, -0.05) is 90.8 Å². The third kappa shape index (κ3) is 6.80. The molecule has 54 heavy (non-hydrogen) atoms. The van der Waals surface area contributed by atoms with Crippen LogP contribution in [0.25, 0.3) is 54.7 Å². The maximum atomic E-state index is 13.9. The molecule has 2 fully saturated rings. The first-order valence-electron chi connectivity index (χ1n) is 19.9. The van der Waals surface area contributed by atoms with Gasteiger partial charge in [0.15, 0.2) is 0 Å². The molecule has 2 N–H and O–H groups in total. The summed E-state index contributed by atoms with van der Waals surface area (Å²) in [5.74, 6) is 2.83. The van der Waals surface area contributed by atoms with E-state index < -0.39 is 12.3 Å². The van der Waals surface area contributed by atoms with Gasteiger partial charge in [0.2, 0.25) is 0 Å². The van der Waals surface area contributed by atoms with Crippen LogP contribution in [0.4, 0.5) is 9.59 Å². The molecule has 4 aromatic carbocycles. The van der Waals surface area contributed by atoms with Gasteiger partial charge in [0.1, 0.15) is 23.7 Å². The molecule has 282 valence electrons. The summed E-state index contributed by atoms with van der Waals surface area (Å²) in [4.78, 5) is 35.0. The summed E-state index contributed by atoms with van der Waals surface area (Å²) in [5.41, 5.74) is 4.84. The molecule has 6 unspecified atom stereocenters. The van der Waals surface area contributed by atoms with E-state index in [9.17, 15) is 9.59 Å². The van der Waals surface area contributed by atoms with Crippen LogP contribution in [0.5, 0.6) is 11.5 Å². The first-order chi connectivity index (χ1) is 26.0. The number of carbonyl (C=O) groups is 2. The number of hydrogen-bond acceptors (Lipinski definition) is 6. The maximum absolute atomic E-state index is 13.9. The van der Waals surface area contributed by atoms with Crippen LogP contribution in [-0.2, 0) is 9.47 Å². The largest absolute Gasteiger partial charge is 0.514 e. The van der Waals surface area contributed by atoms with Gasteiger partial charge in [-0.05, 0) is 97.6 Å². The Hall–Kier alpha value is -4.98. The van der Waals surface area contributed by atoms with E-state index in [2.05, 4.69) is 63.6 Å². The molecule has 0 spiro atoms. The third-order valence-corrected chi connectivity index (χ3v) is 12.3. The predicted molar refractivity (Wildman–Crippen MR) is 215 cm³/mol. The van der Waals surface area contributed by atoms with Crippen molar-refractivity contribution in [1.82, 2.24) is 9.97 Å². The van der Waals surface area contributed by atoms with Gasteiger partial charge < -0.3 is 28.9 Å². The van der Waals surface area contributed by atoms with Crippen molar-refractivity contribution in [2.45, 2.75) is 92.3 Å². The molecule has 0 amide bonds. The summed E-state index contributed by atoms with van der Waals surface area (Å²) < 4.78 is 25.0. The number of rotatable bonds is 7. The van der Waals surface area contributed by atoms with Crippen LogP contribution in [0.2, 0.25) is 0 Å². The second kappa shape index (κ2) is 14.7. The molecule has 0 saturated heterocycles. The number of H-pyrrole nitrogens is 2. The number of para-hydroxylation sites is 2. The van der Waals surface area contributed by atoms with E-state index in [1.807, 2.05) is 60.7 Å². The van der Waals surface area contributed by atoms with Crippen LogP contribution in [0.1, 0.15) is 80.1 Å². The second-order valence-corrected chi connectivity index (χ2v) is 16.7. The summed E-state index contributed by atoms with van der Waals surface area (Å²) in [5, 5.41) is 3.59. The van der Waals surface area contributed by atoms with Gasteiger partial charge in [0.05, 0.1) is 0 Å². The zero-order valence-electron chi connectivity index (χ0n) is 32.2. The Morgan fingerprint density at radius 1 is 0.556 bits per heavy atom. The topological polar surface area (TPSA) is 103 Å². The maximum Gasteiger partial charge on any atom is 0.514 e. The first-order valence-corrected chi connectivity index (χ1v) is 19.9. The highest BCUT2D eigenvalue weighted by atomic mass is 16.7. The predicted octanol–water partition coefficient (Wildman–Crippen LogP) is 12.6. The van der Waals surface area contributed by atoms with Crippen LogP contribution in [0.3, 0.4) is 0 Å². The Morgan fingerprint density at radius 3 is 1.37 bits per heavy atom. The number of fused-ring (bicyclic) bond motifs is 6. The molecule has 2 aliphatic rings. The first kappa shape index (κ1) is 36.0. The fourth-order valence-electron chi connectivity index (χ4n) is 9.49. The van der Waals surface area contributed by atoms with Crippen molar-refractivity contribution in [3.8, 4) is 22.6 Å². The number of aromatic amines is 2. The molecule has 8 nitrogen and oxygen atoms in total. The highest BCUT2D eigenvalue weighted by Gasteiger charge is 2.36. The van der Waals surface area contributed by atoms with Crippen LogP contribution in [0, 0.1) is 35.5 Å².